The molecule has 0 radical (unpaired) electrons. The second kappa shape index (κ2) is 15.1. The van der Waals surface area contributed by atoms with Crippen molar-refractivity contribution in [2.75, 3.05) is 0 Å². The van der Waals surface area contributed by atoms with Crippen LogP contribution in [0.5, 0.6) is 0 Å². The molecule has 3 aliphatic rings. The molecule has 15 aromatic rings. The van der Waals surface area contributed by atoms with E-state index >= 15 is 0 Å². The van der Waals surface area contributed by atoms with Crippen molar-refractivity contribution in [3.8, 4) is 28.2 Å². The molecular weight excluding hydrogens is 933 g/mol. The topological polar surface area (TPSA) is 19.7 Å². The van der Waals surface area contributed by atoms with Gasteiger partial charge in [-0.25, -0.2) is 0 Å². The summed E-state index contributed by atoms with van der Waals surface area (Å²) < 4.78 is 10.1. The predicted molar refractivity (Wildman–Crippen MR) is 321 cm³/mol. The molecule has 18 rings (SSSR count). The number of allylic oxidation sites excluding steroid dienone is 4. The highest BCUT2D eigenvalue weighted by molar-refractivity contribution is 6.13. The minimum absolute atomic E-state index is 0.710. The predicted octanol–water partition coefficient (Wildman–Crippen LogP) is 18.5. The number of para-hydroxylation sites is 8. The van der Waals surface area contributed by atoms with Crippen LogP contribution < -0.4 is 0 Å². The maximum absolute atomic E-state index is 2.64. The van der Waals surface area contributed by atoms with Crippen LogP contribution in [-0.2, 0) is 5.41 Å². The Morgan fingerprint density at radius 2 is 0.532 bits per heavy atom. The van der Waals surface area contributed by atoms with Crippen molar-refractivity contribution < 1.29 is 0 Å². The van der Waals surface area contributed by atoms with Gasteiger partial charge >= 0.3 is 0 Å². The van der Waals surface area contributed by atoms with Crippen LogP contribution in [0.2, 0.25) is 0 Å². The molecule has 0 atom stereocenters. The van der Waals surface area contributed by atoms with E-state index in [1.165, 1.54) is 143 Å². The maximum atomic E-state index is 2.64. The Morgan fingerprint density at radius 1 is 0.260 bits per heavy atom. The third-order valence-electron chi connectivity index (χ3n) is 17.9. The van der Waals surface area contributed by atoms with E-state index in [2.05, 4.69) is 273 Å². The normalized spacial score (nSPS) is 14.5. The zero-order valence-corrected chi connectivity index (χ0v) is 42.0. The molecule has 0 unspecified atom stereocenters. The monoisotopic (exact) mass is 978 g/mol. The Bertz CT molecular complexity index is 4800. The number of rotatable bonds is 4. The zero-order chi connectivity index (χ0) is 50.1. The Balaban J connectivity index is 0.988. The summed E-state index contributed by atoms with van der Waals surface area (Å²) in [5, 5.41) is 10.1. The van der Waals surface area contributed by atoms with E-state index in [0.29, 0.717) is 0 Å². The molecule has 358 valence electrons. The quantitative estimate of drug-likeness (QED) is 0.167. The minimum Gasteiger partial charge on any atom is -0.313 e. The summed E-state index contributed by atoms with van der Waals surface area (Å²) in [6.07, 6.45) is 4.46. The van der Waals surface area contributed by atoms with Crippen LogP contribution in [0.3, 0.4) is 0 Å². The zero-order valence-electron chi connectivity index (χ0n) is 42.0. The summed E-state index contributed by atoms with van der Waals surface area (Å²) in [5.74, 6) is 0. The fourth-order valence-corrected chi connectivity index (χ4v) is 14.9. The van der Waals surface area contributed by atoms with Crippen molar-refractivity contribution in [2.24, 2.45) is 0 Å². The Hall–Kier alpha value is -9.90. The fraction of sp³-hybridized carbons (Fsp3) is 0.0411. The third-order valence-corrected chi connectivity index (χ3v) is 17.9. The molecule has 0 fully saturated rings. The van der Waals surface area contributed by atoms with Crippen molar-refractivity contribution in [3.63, 3.8) is 0 Å². The van der Waals surface area contributed by atoms with Gasteiger partial charge in [0.05, 0.1) is 49.5 Å². The van der Waals surface area contributed by atoms with Crippen molar-refractivity contribution in [1.82, 2.24) is 18.3 Å². The van der Waals surface area contributed by atoms with Crippen LogP contribution in [0.4, 0.5) is 0 Å². The van der Waals surface area contributed by atoms with Gasteiger partial charge in [-0.05, 0) is 148 Å². The molecular formula is C73H46N4. The lowest BCUT2D eigenvalue weighted by atomic mass is 9.68. The van der Waals surface area contributed by atoms with Crippen molar-refractivity contribution in [3.05, 3.63) is 283 Å². The lowest BCUT2D eigenvalue weighted by Gasteiger charge is -2.34. The lowest BCUT2D eigenvalue weighted by Crippen LogP contribution is -2.28. The van der Waals surface area contributed by atoms with Gasteiger partial charge in [0.1, 0.15) is 0 Å². The summed E-state index contributed by atoms with van der Waals surface area (Å²) in [4.78, 5) is 0. The van der Waals surface area contributed by atoms with Crippen LogP contribution in [0.15, 0.2) is 260 Å². The number of hydrogen-bond acceptors (Lipinski definition) is 0. The van der Waals surface area contributed by atoms with E-state index in [1.807, 2.05) is 0 Å². The van der Waals surface area contributed by atoms with Gasteiger partial charge in [-0.1, -0.05) is 164 Å². The number of hydrogen-bond donors (Lipinski definition) is 0. The van der Waals surface area contributed by atoms with Crippen LogP contribution in [0, 0.1) is 0 Å². The summed E-state index contributed by atoms with van der Waals surface area (Å²) in [6, 6.07) is 93.7. The SMILES string of the molecule is C1=C(n2c3ccccc3c3ccccc32)CCC2=C1C1(c3cc(-n4c5ccccc5c5ccccc54)ccc32)c2cc(-n3c4ccccc4c4ccccc43)ccc2-c2ccc(-n3c4ccccc4c4ccccc43)cc21. The second-order valence-corrected chi connectivity index (χ2v) is 21.4. The van der Waals surface area contributed by atoms with E-state index in [1.54, 1.807) is 0 Å². The molecule has 4 heteroatoms. The smallest absolute Gasteiger partial charge is 0.0725 e. The Kier molecular flexibility index (Phi) is 8.14. The molecule has 77 heavy (non-hydrogen) atoms. The van der Waals surface area contributed by atoms with Gasteiger partial charge in [-0.3, -0.25) is 0 Å². The summed E-state index contributed by atoms with van der Waals surface area (Å²) >= 11 is 0. The first-order valence-corrected chi connectivity index (χ1v) is 27.1. The van der Waals surface area contributed by atoms with Gasteiger partial charge in [-0.2, -0.15) is 0 Å². The summed E-state index contributed by atoms with van der Waals surface area (Å²) in [6.45, 7) is 0. The van der Waals surface area contributed by atoms with Crippen molar-refractivity contribution >= 4 is 98.5 Å². The molecule has 0 N–H and O–H groups in total. The molecule has 4 heterocycles. The first-order valence-electron chi connectivity index (χ1n) is 27.1. The maximum Gasteiger partial charge on any atom is 0.0725 e. The number of fused-ring (bicyclic) bond motifs is 21. The highest BCUT2D eigenvalue weighted by Crippen LogP contribution is 2.65. The standard InChI is InChI=1S/C73H46N4/c1-9-25-65-53(17-1)54-18-2-10-26-66(54)74(65)45-33-37-49-50-38-34-46(75-67-27-11-3-19-55(67)56-20-4-12-28-68(56)75)42-62(50)73(61(49)41-45)63-43-47(76-69-29-13-5-21-57(69)58-22-6-14-30-70(58)76)35-39-51(63)52-40-36-48(44-64(52)73)77-71-31-15-7-23-59(71)60-24-8-16-32-72(60)77/h1-35,37-39,41-44H,36,40H2. The van der Waals surface area contributed by atoms with Gasteiger partial charge in [0, 0.05) is 65.8 Å². The molecule has 0 amide bonds. The second-order valence-electron chi connectivity index (χ2n) is 21.4. The summed E-state index contributed by atoms with van der Waals surface area (Å²) in [5.41, 5.74) is 24.5. The molecule has 4 aromatic heterocycles. The molecule has 0 aliphatic heterocycles. The van der Waals surface area contributed by atoms with Crippen LogP contribution in [0.1, 0.15) is 35.1 Å². The Labute approximate surface area is 443 Å². The van der Waals surface area contributed by atoms with Gasteiger partial charge in [0.15, 0.2) is 0 Å². The minimum atomic E-state index is -0.710. The lowest BCUT2D eigenvalue weighted by molar-refractivity contribution is 0.776. The number of aromatic nitrogens is 4. The van der Waals surface area contributed by atoms with Crippen molar-refractivity contribution in [1.29, 1.82) is 0 Å². The van der Waals surface area contributed by atoms with E-state index < -0.39 is 5.41 Å². The Morgan fingerprint density at radius 3 is 0.857 bits per heavy atom. The number of nitrogens with zero attached hydrogens (tertiary/aromatic N) is 4. The molecule has 4 nitrogen and oxygen atoms in total. The largest absolute Gasteiger partial charge is 0.313 e. The van der Waals surface area contributed by atoms with Crippen molar-refractivity contribution in [2.45, 2.75) is 18.3 Å². The van der Waals surface area contributed by atoms with E-state index in [4.69, 9.17) is 0 Å². The molecule has 0 bridgehead atoms. The van der Waals surface area contributed by atoms with Crippen LogP contribution in [-0.4, -0.2) is 18.3 Å². The number of benzene rings is 11. The molecule has 3 aliphatic carbocycles. The summed E-state index contributed by atoms with van der Waals surface area (Å²) in [7, 11) is 0. The third kappa shape index (κ3) is 5.31. The van der Waals surface area contributed by atoms with Crippen LogP contribution >= 0.6 is 0 Å². The van der Waals surface area contributed by atoms with Gasteiger partial charge in [0.2, 0.25) is 0 Å². The average molecular weight is 979 g/mol. The molecule has 11 aromatic carbocycles. The average Bonchev–Trinajstić information content (AvgIpc) is 4.48. The van der Waals surface area contributed by atoms with E-state index in [9.17, 15) is 0 Å². The molecule has 0 saturated heterocycles. The van der Waals surface area contributed by atoms with Gasteiger partial charge < -0.3 is 18.3 Å². The highest BCUT2D eigenvalue weighted by atomic mass is 15.0. The van der Waals surface area contributed by atoms with Gasteiger partial charge in [0.25, 0.3) is 0 Å². The first-order chi connectivity index (χ1) is 38.2. The van der Waals surface area contributed by atoms with E-state index in [-0.39, 0.29) is 0 Å². The fourth-order valence-electron chi connectivity index (χ4n) is 14.9. The first kappa shape index (κ1) is 41.5. The molecule has 1 spiro atoms. The molecule has 0 saturated carbocycles. The van der Waals surface area contributed by atoms with Gasteiger partial charge in [-0.15, -0.1) is 0 Å². The van der Waals surface area contributed by atoms with E-state index in [0.717, 1.165) is 24.2 Å². The highest BCUT2D eigenvalue weighted by Gasteiger charge is 2.54. The van der Waals surface area contributed by atoms with Crippen LogP contribution in [0.25, 0.3) is 127 Å².